The van der Waals surface area contributed by atoms with Gasteiger partial charge in [-0.25, -0.2) is 4.79 Å². The van der Waals surface area contributed by atoms with E-state index in [2.05, 4.69) is 4.74 Å². The Morgan fingerprint density at radius 1 is 1.75 bits per heavy atom. The highest BCUT2D eigenvalue weighted by atomic mass is 32.1. The number of ether oxygens (including phenoxy) is 1. The number of hydrogen-bond acceptors (Lipinski definition) is 4. The van der Waals surface area contributed by atoms with Crippen LogP contribution in [0, 0.1) is 11.3 Å². The second-order valence-corrected chi connectivity index (χ2v) is 2.88. The summed E-state index contributed by atoms with van der Waals surface area (Å²) < 4.78 is 4.54. The molecule has 0 aliphatic carbocycles. The van der Waals surface area contributed by atoms with Crippen LogP contribution in [0.5, 0.6) is 0 Å². The molecule has 0 saturated carbocycles. The summed E-state index contributed by atoms with van der Waals surface area (Å²) in [7, 11) is 1.33. The third-order valence-corrected chi connectivity index (χ3v) is 2.21. The molecule has 1 heterocycles. The molecule has 0 aromatic carbocycles. The monoisotopic (exact) mass is 181 g/mol. The first-order valence-corrected chi connectivity index (χ1v) is 4.24. The molecule has 1 aromatic rings. The van der Waals surface area contributed by atoms with Gasteiger partial charge in [0.05, 0.1) is 25.2 Å². The van der Waals surface area contributed by atoms with Crippen LogP contribution in [-0.4, -0.2) is 13.1 Å². The van der Waals surface area contributed by atoms with Gasteiger partial charge in [-0.05, 0) is 10.9 Å². The maximum absolute atomic E-state index is 11.0. The van der Waals surface area contributed by atoms with E-state index < -0.39 is 0 Å². The molecule has 0 N–H and O–H groups in total. The zero-order chi connectivity index (χ0) is 8.97. The van der Waals surface area contributed by atoms with Crippen molar-refractivity contribution in [2.45, 2.75) is 6.42 Å². The minimum absolute atomic E-state index is 0.258. The van der Waals surface area contributed by atoms with Crippen molar-refractivity contribution in [1.82, 2.24) is 0 Å². The zero-order valence-corrected chi connectivity index (χ0v) is 7.35. The van der Waals surface area contributed by atoms with Crippen molar-refractivity contribution in [3.05, 3.63) is 21.9 Å². The number of hydrogen-bond donors (Lipinski definition) is 0. The summed E-state index contributed by atoms with van der Waals surface area (Å²) in [5.41, 5.74) is 1.25. The van der Waals surface area contributed by atoms with E-state index in [1.807, 2.05) is 6.07 Å². The molecule has 1 aromatic heterocycles. The molecule has 62 valence electrons. The smallest absolute Gasteiger partial charge is 0.339 e. The van der Waals surface area contributed by atoms with Crippen LogP contribution >= 0.6 is 11.3 Å². The number of carbonyl (C=O) groups is 1. The summed E-state index contributed by atoms with van der Waals surface area (Å²) in [5.74, 6) is -0.374. The maximum Gasteiger partial charge on any atom is 0.339 e. The molecule has 0 spiro atoms. The molecule has 12 heavy (non-hydrogen) atoms. The van der Waals surface area contributed by atoms with Gasteiger partial charge in [-0.2, -0.15) is 16.6 Å². The number of carbonyl (C=O) groups excluding carboxylic acids is 1. The van der Waals surface area contributed by atoms with E-state index >= 15 is 0 Å². The van der Waals surface area contributed by atoms with Crippen molar-refractivity contribution in [2.24, 2.45) is 0 Å². The summed E-state index contributed by atoms with van der Waals surface area (Å²) in [5, 5.41) is 11.9. The van der Waals surface area contributed by atoms with Crippen LogP contribution in [-0.2, 0) is 11.2 Å². The lowest BCUT2D eigenvalue weighted by Gasteiger charge is -1.96. The number of rotatable bonds is 2. The third kappa shape index (κ3) is 1.63. The Hall–Kier alpha value is -1.34. The topological polar surface area (TPSA) is 50.1 Å². The van der Waals surface area contributed by atoms with Gasteiger partial charge in [0.1, 0.15) is 0 Å². The fourth-order valence-corrected chi connectivity index (χ4v) is 1.66. The molecule has 0 unspecified atom stereocenters. The van der Waals surface area contributed by atoms with Crippen LogP contribution in [0.4, 0.5) is 0 Å². The third-order valence-electron chi connectivity index (χ3n) is 1.42. The number of esters is 1. The predicted molar refractivity (Wildman–Crippen MR) is 45.0 cm³/mol. The first-order chi connectivity index (χ1) is 5.79. The van der Waals surface area contributed by atoms with Gasteiger partial charge in [0.15, 0.2) is 0 Å². The van der Waals surface area contributed by atoms with E-state index in [0.717, 1.165) is 5.56 Å². The highest BCUT2D eigenvalue weighted by Crippen LogP contribution is 2.16. The second-order valence-electron chi connectivity index (χ2n) is 2.14. The zero-order valence-electron chi connectivity index (χ0n) is 6.53. The number of nitriles is 1. The Balaban J connectivity index is 2.92. The number of nitrogens with zero attached hydrogens (tertiary/aromatic N) is 1. The summed E-state index contributed by atoms with van der Waals surface area (Å²) in [6.45, 7) is 0. The molecular weight excluding hydrogens is 174 g/mol. The average molecular weight is 181 g/mol. The van der Waals surface area contributed by atoms with Crippen LogP contribution in [0.3, 0.4) is 0 Å². The fourth-order valence-electron chi connectivity index (χ4n) is 0.835. The molecule has 3 nitrogen and oxygen atoms in total. The van der Waals surface area contributed by atoms with E-state index in [1.54, 1.807) is 10.8 Å². The van der Waals surface area contributed by atoms with E-state index in [4.69, 9.17) is 5.26 Å². The van der Waals surface area contributed by atoms with Gasteiger partial charge in [0.25, 0.3) is 0 Å². The predicted octanol–water partition coefficient (Wildman–Crippen LogP) is 1.60. The Morgan fingerprint density at radius 2 is 2.50 bits per heavy atom. The van der Waals surface area contributed by atoms with Gasteiger partial charge >= 0.3 is 5.97 Å². The van der Waals surface area contributed by atoms with Gasteiger partial charge in [0, 0.05) is 5.38 Å². The second kappa shape index (κ2) is 3.88. The van der Waals surface area contributed by atoms with Gasteiger partial charge in [-0.15, -0.1) is 0 Å². The van der Waals surface area contributed by atoms with Crippen molar-refractivity contribution in [2.75, 3.05) is 7.11 Å². The van der Waals surface area contributed by atoms with E-state index in [9.17, 15) is 4.79 Å². The van der Waals surface area contributed by atoms with Crippen molar-refractivity contribution < 1.29 is 9.53 Å². The first-order valence-electron chi connectivity index (χ1n) is 3.30. The lowest BCUT2D eigenvalue weighted by molar-refractivity contribution is 0.0600. The average Bonchev–Trinajstić information content (AvgIpc) is 2.52. The van der Waals surface area contributed by atoms with Crippen LogP contribution in [0.1, 0.15) is 15.9 Å². The van der Waals surface area contributed by atoms with E-state index in [0.29, 0.717) is 5.56 Å². The van der Waals surface area contributed by atoms with Crippen molar-refractivity contribution in [3.63, 3.8) is 0 Å². The SMILES string of the molecule is COC(=O)c1cscc1CC#N. The molecule has 0 atom stereocenters. The van der Waals surface area contributed by atoms with Crippen molar-refractivity contribution in [1.29, 1.82) is 5.26 Å². The molecule has 0 saturated heterocycles. The molecule has 1 rings (SSSR count). The minimum Gasteiger partial charge on any atom is -0.465 e. The Morgan fingerprint density at radius 3 is 3.08 bits per heavy atom. The lowest BCUT2D eigenvalue weighted by Crippen LogP contribution is -2.02. The quantitative estimate of drug-likeness (QED) is 0.651. The van der Waals surface area contributed by atoms with Crippen LogP contribution in [0.15, 0.2) is 10.8 Å². The van der Waals surface area contributed by atoms with E-state index in [1.165, 1.54) is 18.4 Å². The number of thiophene rings is 1. The van der Waals surface area contributed by atoms with Crippen molar-refractivity contribution in [3.8, 4) is 6.07 Å². The molecule has 0 fully saturated rings. The van der Waals surface area contributed by atoms with Gasteiger partial charge < -0.3 is 4.74 Å². The molecule has 0 radical (unpaired) electrons. The first kappa shape index (κ1) is 8.75. The van der Waals surface area contributed by atoms with Gasteiger partial charge in [-0.1, -0.05) is 0 Å². The Bertz CT molecular complexity index is 324. The molecule has 0 aliphatic rings. The Labute approximate surface area is 74.2 Å². The maximum atomic E-state index is 11.0. The molecule has 0 bridgehead atoms. The molecule has 4 heteroatoms. The van der Waals surface area contributed by atoms with Gasteiger partial charge in [0.2, 0.25) is 0 Å². The largest absolute Gasteiger partial charge is 0.465 e. The van der Waals surface area contributed by atoms with Crippen LogP contribution in [0.2, 0.25) is 0 Å². The van der Waals surface area contributed by atoms with E-state index in [-0.39, 0.29) is 12.4 Å². The molecular formula is C8H7NO2S. The van der Waals surface area contributed by atoms with Crippen LogP contribution in [0.25, 0.3) is 0 Å². The standard InChI is InChI=1S/C8H7NO2S/c1-11-8(10)7-5-12-4-6(7)2-3-9/h4-5H,2H2,1H3. The summed E-state index contributed by atoms with van der Waals surface area (Å²) in [4.78, 5) is 11.0. The van der Waals surface area contributed by atoms with Crippen LogP contribution < -0.4 is 0 Å². The highest BCUT2D eigenvalue weighted by Gasteiger charge is 2.11. The normalized spacial score (nSPS) is 9.00. The minimum atomic E-state index is -0.374. The highest BCUT2D eigenvalue weighted by molar-refractivity contribution is 7.08. The van der Waals surface area contributed by atoms with Gasteiger partial charge in [-0.3, -0.25) is 0 Å². The number of methoxy groups -OCH3 is 1. The molecule has 0 aliphatic heterocycles. The van der Waals surface area contributed by atoms with Crippen molar-refractivity contribution >= 4 is 17.3 Å². The lowest BCUT2D eigenvalue weighted by atomic mass is 10.1. The fraction of sp³-hybridized carbons (Fsp3) is 0.250. The molecule has 0 amide bonds. The summed E-state index contributed by atoms with van der Waals surface area (Å²) >= 11 is 1.40. The Kier molecular flexibility index (Phi) is 2.83. The summed E-state index contributed by atoms with van der Waals surface area (Å²) in [6.07, 6.45) is 0.258. The summed E-state index contributed by atoms with van der Waals surface area (Å²) in [6, 6.07) is 1.99.